The Morgan fingerprint density at radius 1 is 0.586 bits per heavy atom. The van der Waals surface area contributed by atoms with E-state index in [9.17, 15) is 5.11 Å². The molecular formula is C28H38O. The summed E-state index contributed by atoms with van der Waals surface area (Å²) in [4.78, 5) is 0. The minimum Gasteiger partial charge on any atom is -0.507 e. The monoisotopic (exact) mass is 390 g/mol. The number of rotatable bonds is 2. The maximum atomic E-state index is 11.4. The first-order valence-corrected chi connectivity index (χ1v) is 12.8. The molecule has 0 saturated heterocycles. The minimum absolute atomic E-state index is 0.390. The second-order valence-corrected chi connectivity index (χ2v) is 13.0. The summed E-state index contributed by atoms with van der Waals surface area (Å²) in [6, 6.07) is 2.70. The molecule has 0 amide bonds. The van der Waals surface area contributed by atoms with Gasteiger partial charge >= 0.3 is 0 Å². The van der Waals surface area contributed by atoms with Gasteiger partial charge in [-0.25, -0.2) is 0 Å². The Kier molecular flexibility index (Phi) is 3.43. The molecule has 0 spiro atoms. The first kappa shape index (κ1) is 17.7. The van der Waals surface area contributed by atoms with E-state index in [0.29, 0.717) is 16.6 Å². The van der Waals surface area contributed by atoms with Crippen molar-refractivity contribution in [2.75, 3.05) is 0 Å². The van der Waals surface area contributed by atoms with E-state index in [4.69, 9.17) is 0 Å². The highest BCUT2D eigenvalue weighted by molar-refractivity contribution is 5.55. The second kappa shape index (κ2) is 5.63. The molecule has 0 atom stereocenters. The van der Waals surface area contributed by atoms with Crippen LogP contribution in [0.2, 0.25) is 0 Å². The molecule has 1 heteroatoms. The third-order valence-corrected chi connectivity index (χ3v) is 11.0. The van der Waals surface area contributed by atoms with Crippen LogP contribution in [0.4, 0.5) is 0 Å². The van der Waals surface area contributed by atoms with E-state index in [1.165, 1.54) is 88.2 Å². The average Bonchev–Trinajstić information content (AvgIpc) is 2.63. The topological polar surface area (TPSA) is 20.2 Å². The fourth-order valence-corrected chi connectivity index (χ4v) is 10.9. The smallest absolute Gasteiger partial charge is 0.121 e. The Morgan fingerprint density at radius 2 is 0.862 bits per heavy atom. The van der Waals surface area contributed by atoms with Crippen LogP contribution in [0, 0.1) is 49.4 Å². The zero-order chi connectivity index (χ0) is 19.5. The molecule has 9 rings (SSSR count). The Morgan fingerprint density at radius 3 is 1.14 bits per heavy atom. The molecule has 8 aliphatic carbocycles. The first-order chi connectivity index (χ1) is 13.9. The van der Waals surface area contributed by atoms with Gasteiger partial charge in [0.05, 0.1) is 0 Å². The molecule has 8 aliphatic rings. The van der Waals surface area contributed by atoms with Crippen molar-refractivity contribution >= 4 is 0 Å². The summed E-state index contributed by atoms with van der Waals surface area (Å²) in [5.74, 6) is 6.45. The molecule has 1 nitrogen and oxygen atoms in total. The molecule has 8 fully saturated rings. The van der Waals surface area contributed by atoms with Crippen LogP contribution in [-0.2, 0) is 10.8 Å². The Bertz CT molecular complexity index is 738. The highest BCUT2D eigenvalue weighted by Gasteiger charge is 2.55. The number of benzene rings is 1. The van der Waals surface area contributed by atoms with Gasteiger partial charge in [0, 0.05) is 0 Å². The lowest BCUT2D eigenvalue weighted by molar-refractivity contribution is -0.00890. The van der Waals surface area contributed by atoms with Crippen molar-refractivity contribution in [3.8, 4) is 5.75 Å². The van der Waals surface area contributed by atoms with Gasteiger partial charge < -0.3 is 5.11 Å². The maximum absolute atomic E-state index is 11.4. The van der Waals surface area contributed by atoms with Crippen LogP contribution in [0.25, 0.3) is 0 Å². The largest absolute Gasteiger partial charge is 0.507 e. The third kappa shape index (κ3) is 2.34. The normalized spacial score (nSPS) is 49.2. The molecule has 0 aliphatic heterocycles. The molecule has 8 saturated carbocycles. The maximum Gasteiger partial charge on any atom is 0.121 e. The van der Waals surface area contributed by atoms with Crippen LogP contribution in [0.15, 0.2) is 6.07 Å². The molecule has 29 heavy (non-hydrogen) atoms. The summed E-state index contributed by atoms with van der Waals surface area (Å²) in [5, 5.41) is 11.4. The summed E-state index contributed by atoms with van der Waals surface area (Å²) in [6.07, 6.45) is 17.4. The predicted molar refractivity (Wildman–Crippen MR) is 117 cm³/mol. The third-order valence-electron chi connectivity index (χ3n) is 11.0. The van der Waals surface area contributed by atoms with Gasteiger partial charge in [0.15, 0.2) is 0 Å². The van der Waals surface area contributed by atoms with Gasteiger partial charge in [-0.3, -0.25) is 0 Å². The highest BCUT2D eigenvalue weighted by atomic mass is 16.3. The summed E-state index contributed by atoms with van der Waals surface area (Å²) in [7, 11) is 0. The van der Waals surface area contributed by atoms with Gasteiger partial charge in [-0.05, 0) is 159 Å². The summed E-state index contributed by atoms with van der Waals surface area (Å²) in [5.41, 5.74) is 6.43. The molecule has 1 N–H and O–H groups in total. The van der Waals surface area contributed by atoms with Crippen molar-refractivity contribution in [3.63, 3.8) is 0 Å². The molecule has 8 bridgehead atoms. The first-order valence-electron chi connectivity index (χ1n) is 12.8. The van der Waals surface area contributed by atoms with E-state index >= 15 is 0 Å². The number of phenols is 1. The van der Waals surface area contributed by atoms with Crippen molar-refractivity contribution in [1.29, 1.82) is 0 Å². The second-order valence-electron chi connectivity index (χ2n) is 13.0. The fraction of sp³-hybridized carbons (Fsp3) is 0.786. The SMILES string of the molecule is Cc1c(C23CC4CC(CC(C4)C2)C3)cc(C23CC4CC(CC(C4)C2)C3)c(C)c1O. The number of hydrogen-bond donors (Lipinski definition) is 1. The minimum atomic E-state index is 0.390. The van der Waals surface area contributed by atoms with Crippen LogP contribution in [0.1, 0.15) is 99.3 Å². The van der Waals surface area contributed by atoms with Crippen molar-refractivity contribution in [1.82, 2.24) is 0 Å². The number of hydrogen-bond acceptors (Lipinski definition) is 1. The lowest BCUT2D eigenvalue weighted by atomic mass is 9.46. The van der Waals surface area contributed by atoms with Crippen molar-refractivity contribution < 1.29 is 5.11 Å². The fourth-order valence-electron chi connectivity index (χ4n) is 10.9. The van der Waals surface area contributed by atoms with E-state index < -0.39 is 0 Å². The van der Waals surface area contributed by atoms with Crippen molar-refractivity contribution in [2.24, 2.45) is 35.5 Å². The quantitative estimate of drug-likeness (QED) is 0.579. The van der Waals surface area contributed by atoms with Gasteiger partial charge in [0.1, 0.15) is 5.75 Å². The van der Waals surface area contributed by atoms with Crippen LogP contribution >= 0.6 is 0 Å². The molecule has 1 aromatic rings. The number of phenolic OH excluding ortho intramolecular Hbond substituents is 1. The zero-order valence-corrected chi connectivity index (χ0v) is 18.5. The zero-order valence-electron chi connectivity index (χ0n) is 18.5. The van der Waals surface area contributed by atoms with Gasteiger partial charge in [-0.2, -0.15) is 0 Å². The molecule has 0 heterocycles. The van der Waals surface area contributed by atoms with Gasteiger partial charge in [0.25, 0.3) is 0 Å². The molecule has 156 valence electrons. The van der Waals surface area contributed by atoms with Crippen LogP contribution in [0.5, 0.6) is 5.75 Å². The van der Waals surface area contributed by atoms with E-state index in [1.807, 2.05) is 0 Å². The molecular weight excluding hydrogens is 352 g/mol. The molecule has 1 aromatic carbocycles. The summed E-state index contributed by atoms with van der Waals surface area (Å²) in [6.45, 7) is 4.47. The van der Waals surface area contributed by atoms with E-state index in [2.05, 4.69) is 19.9 Å². The standard InChI is InChI=1S/C28H38O/c1-16-24(27-10-18-3-19(11-27)5-20(4-18)12-27)9-25(17(2)26(16)29)28-13-21-6-22(14-28)8-23(7-21)15-28/h9,18-23,29H,3-8,10-15H2,1-2H3. The van der Waals surface area contributed by atoms with Crippen molar-refractivity contribution in [3.05, 3.63) is 28.3 Å². The Labute approximate surface area is 176 Å². The van der Waals surface area contributed by atoms with E-state index in [-0.39, 0.29) is 0 Å². The van der Waals surface area contributed by atoms with E-state index in [1.54, 1.807) is 11.1 Å². The van der Waals surface area contributed by atoms with Gasteiger partial charge in [-0.1, -0.05) is 6.07 Å². The van der Waals surface area contributed by atoms with E-state index in [0.717, 1.165) is 35.5 Å². The summed E-state index contributed by atoms with van der Waals surface area (Å²) < 4.78 is 0. The molecule has 0 aromatic heterocycles. The Balaban J connectivity index is 1.38. The lowest BCUT2D eigenvalue weighted by Gasteiger charge is -2.59. The van der Waals surface area contributed by atoms with Crippen LogP contribution < -0.4 is 0 Å². The Hall–Kier alpha value is -0.980. The summed E-state index contributed by atoms with van der Waals surface area (Å²) >= 11 is 0. The average molecular weight is 391 g/mol. The lowest BCUT2D eigenvalue weighted by Crippen LogP contribution is -2.50. The van der Waals surface area contributed by atoms with Crippen LogP contribution in [0.3, 0.4) is 0 Å². The number of aromatic hydroxyl groups is 1. The van der Waals surface area contributed by atoms with Crippen molar-refractivity contribution in [2.45, 2.75) is 102 Å². The van der Waals surface area contributed by atoms with Crippen LogP contribution in [-0.4, -0.2) is 5.11 Å². The molecule has 0 radical (unpaired) electrons. The van der Waals surface area contributed by atoms with Gasteiger partial charge in [-0.15, -0.1) is 0 Å². The molecule has 0 unspecified atom stereocenters. The predicted octanol–water partition coefficient (Wildman–Crippen LogP) is 6.94. The highest BCUT2D eigenvalue weighted by Crippen LogP contribution is 2.64. The van der Waals surface area contributed by atoms with Gasteiger partial charge in [0.2, 0.25) is 0 Å².